The van der Waals surface area contributed by atoms with Crippen LogP contribution in [0, 0.1) is 0 Å². The van der Waals surface area contributed by atoms with Gasteiger partial charge in [-0.15, -0.1) is 0 Å². The molecule has 0 spiro atoms. The Kier molecular flexibility index (Phi) is 4.31. The lowest BCUT2D eigenvalue weighted by Gasteiger charge is -2.28. The molecule has 1 unspecified atom stereocenters. The predicted octanol–water partition coefficient (Wildman–Crippen LogP) is 2.49. The van der Waals surface area contributed by atoms with Gasteiger partial charge in [0.25, 0.3) is 0 Å². The average Bonchev–Trinajstić information content (AvgIpc) is 2.57. The highest BCUT2D eigenvalue weighted by atomic mass is 16.5. The van der Waals surface area contributed by atoms with Crippen LogP contribution in [0.4, 0.5) is 11.8 Å². The largest absolute Gasteiger partial charge is 0.378 e. The van der Waals surface area contributed by atoms with Crippen molar-refractivity contribution in [1.82, 2.24) is 9.97 Å². The monoisotopic (exact) mass is 284 g/mol. The molecule has 0 aliphatic carbocycles. The van der Waals surface area contributed by atoms with Gasteiger partial charge in [-0.3, -0.25) is 0 Å². The third kappa shape index (κ3) is 3.49. The van der Waals surface area contributed by atoms with Crippen molar-refractivity contribution >= 4 is 11.8 Å². The van der Waals surface area contributed by atoms with Gasteiger partial charge in [0, 0.05) is 19.3 Å². The Bertz CT molecular complexity index is 569. The van der Waals surface area contributed by atoms with Gasteiger partial charge in [-0.1, -0.05) is 30.3 Å². The van der Waals surface area contributed by atoms with E-state index in [0.717, 1.165) is 32.1 Å². The van der Waals surface area contributed by atoms with Crippen molar-refractivity contribution in [1.29, 1.82) is 0 Å². The molecule has 5 nitrogen and oxygen atoms in total. The molecule has 110 valence electrons. The fourth-order valence-electron chi connectivity index (χ4n) is 2.41. The topological polar surface area (TPSA) is 50.3 Å². The summed E-state index contributed by atoms with van der Waals surface area (Å²) < 4.78 is 5.37. The van der Waals surface area contributed by atoms with Crippen LogP contribution in [0.2, 0.25) is 0 Å². The summed E-state index contributed by atoms with van der Waals surface area (Å²) >= 11 is 0. The van der Waals surface area contributed by atoms with E-state index in [9.17, 15) is 0 Å². The van der Waals surface area contributed by atoms with Crippen LogP contribution in [0.3, 0.4) is 0 Å². The molecule has 5 heteroatoms. The number of hydrogen-bond acceptors (Lipinski definition) is 5. The summed E-state index contributed by atoms with van der Waals surface area (Å²) in [5.74, 6) is 1.62. The summed E-state index contributed by atoms with van der Waals surface area (Å²) in [5.41, 5.74) is 1.22. The van der Waals surface area contributed by atoms with Gasteiger partial charge in [0.05, 0.1) is 19.3 Å². The Hall–Kier alpha value is -2.14. The molecule has 1 atom stereocenters. The third-order valence-corrected chi connectivity index (χ3v) is 3.62. The van der Waals surface area contributed by atoms with Crippen molar-refractivity contribution in [3.05, 3.63) is 48.2 Å². The normalized spacial score (nSPS) is 16.5. The number of aromatic nitrogens is 2. The molecule has 21 heavy (non-hydrogen) atoms. The molecular formula is C16H20N4O. The standard InChI is InChI=1S/C16H20N4O/c1-13(14-5-3-2-4-6-14)18-16-17-8-7-15(19-16)20-9-11-21-12-10-20/h2-8,13H,9-12H2,1H3,(H,17,18,19). The molecule has 1 aliphatic rings. The summed E-state index contributed by atoms with van der Waals surface area (Å²) in [5, 5.41) is 3.36. The van der Waals surface area contributed by atoms with Crippen LogP contribution in [0.5, 0.6) is 0 Å². The number of anilines is 2. The third-order valence-electron chi connectivity index (χ3n) is 3.62. The molecule has 1 aliphatic heterocycles. The quantitative estimate of drug-likeness (QED) is 0.934. The van der Waals surface area contributed by atoms with Gasteiger partial charge in [0.1, 0.15) is 5.82 Å². The van der Waals surface area contributed by atoms with E-state index in [1.807, 2.05) is 24.3 Å². The van der Waals surface area contributed by atoms with Gasteiger partial charge in [0.2, 0.25) is 5.95 Å². The second kappa shape index (κ2) is 6.54. The molecule has 0 bridgehead atoms. The number of rotatable bonds is 4. The lowest BCUT2D eigenvalue weighted by atomic mass is 10.1. The zero-order valence-electron chi connectivity index (χ0n) is 12.2. The number of morpholine rings is 1. The fraction of sp³-hybridized carbons (Fsp3) is 0.375. The molecule has 1 N–H and O–H groups in total. The number of ether oxygens (including phenoxy) is 1. The molecule has 1 aromatic carbocycles. The lowest BCUT2D eigenvalue weighted by molar-refractivity contribution is 0.122. The number of nitrogens with zero attached hydrogens (tertiary/aromatic N) is 3. The summed E-state index contributed by atoms with van der Waals surface area (Å²) in [6.45, 7) is 5.38. The van der Waals surface area contributed by atoms with Crippen molar-refractivity contribution in [3.8, 4) is 0 Å². The van der Waals surface area contributed by atoms with E-state index in [-0.39, 0.29) is 6.04 Å². The minimum atomic E-state index is 0.172. The highest BCUT2D eigenvalue weighted by Crippen LogP contribution is 2.18. The molecule has 0 saturated carbocycles. The van der Waals surface area contributed by atoms with Crippen LogP contribution in [0.25, 0.3) is 0 Å². The van der Waals surface area contributed by atoms with Gasteiger partial charge >= 0.3 is 0 Å². The number of hydrogen-bond donors (Lipinski definition) is 1. The maximum Gasteiger partial charge on any atom is 0.225 e. The molecule has 2 aromatic rings. The minimum absolute atomic E-state index is 0.172. The van der Waals surface area contributed by atoms with E-state index in [4.69, 9.17) is 4.74 Å². The maximum atomic E-state index is 5.37. The van der Waals surface area contributed by atoms with Crippen molar-refractivity contribution in [2.75, 3.05) is 36.5 Å². The van der Waals surface area contributed by atoms with Gasteiger partial charge in [-0.05, 0) is 18.6 Å². The van der Waals surface area contributed by atoms with Crippen LogP contribution in [0.15, 0.2) is 42.6 Å². The Morgan fingerprint density at radius 3 is 2.67 bits per heavy atom. The molecule has 1 saturated heterocycles. The highest BCUT2D eigenvalue weighted by Gasteiger charge is 2.13. The zero-order chi connectivity index (χ0) is 14.5. The van der Waals surface area contributed by atoms with E-state index >= 15 is 0 Å². The van der Waals surface area contributed by atoms with Crippen LogP contribution < -0.4 is 10.2 Å². The first-order chi connectivity index (χ1) is 10.3. The Labute approximate surface area is 125 Å². The Morgan fingerprint density at radius 1 is 1.14 bits per heavy atom. The van der Waals surface area contributed by atoms with E-state index in [1.165, 1.54) is 5.56 Å². The van der Waals surface area contributed by atoms with Crippen molar-refractivity contribution in [2.45, 2.75) is 13.0 Å². The molecule has 1 aromatic heterocycles. The van der Waals surface area contributed by atoms with Gasteiger partial charge in [-0.25, -0.2) is 4.98 Å². The SMILES string of the molecule is CC(Nc1nccc(N2CCOCC2)n1)c1ccccc1. The first kappa shape index (κ1) is 13.8. The summed E-state index contributed by atoms with van der Waals surface area (Å²) in [4.78, 5) is 11.2. The van der Waals surface area contributed by atoms with E-state index in [2.05, 4.69) is 39.2 Å². The summed E-state index contributed by atoms with van der Waals surface area (Å²) in [7, 11) is 0. The van der Waals surface area contributed by atoms with Crippen LogP contribution in [-0.4, -0.2) is 36.3 Å². The fourth-order valence-corrected chi connectivity index (χ4v) is 2.41. The van der Waals surface area contributed by atoms with E-state index < -0.39 is 0 Å². The maximum absolute atomic E-state index is 5.37. The first-order valence-electron chi connectivity index (χ1n) is 7.30. The zero-order valence-corrected chi connectivity index (χ0v) is 12.2. The second-order valence-corrected chi connectivity index (χ2v) is 5.11. The van der Waals surface area contributed by atoms with Gasteiger partial charge in [-0.2, -0.15) is 4.98 Å². The van der Waals surface area contributed by atoms with E-state index in [1.54, 1.807) is 6.20 Å². The number of nitrogens with one attached hydrogen (secondary N) is 1. The highest BCUT2D eigenvalue weighted by molar-refractivity contribution is 5.43. The minimum Gasteiger partial charge on any atom is -0.378 e. The van der Waals surface area contributed by atoms with Crippen molar-refractivity contribution < 1.29 is 4.74 Å². The van der Waals surface area contributed by atoms with Gasteiger partial charge in [0.15, 0.2) is 0 Å². The summed E-state index contributed by atoms with van der Waals surface area (Å²) in [6, 6.07) is 12.4. The second-order valence-electron chi connectivity index (χ2n) is 5.11. The molecule has 1 fully saturated rings. The van der Waals surface area contributed by atoms with Crippen LogP contribution >= 0.6 is 0 Å². The molecule has 0 radical (unpaired) electrons. The Morgan fingerprint density at radius 2 is 1.90 bits per heavy atom. The number of benzene rings is 1. The molecule has 3 rings (SSSR count). The van der Waals surface area contributed by atoms with Crippen molar-refractivity contribution in [2.24, 2.45) is 0 Å². The van der Waals surface area contributed by atoms with Crippen LogP contribution in [0.1, 0.15) is 18.5 Å². The van der Waals surface area contributed by atoms with Crippen LogP contribution in [-0.2, 0) is 4.74 Å². The Balaban J connectivity index is 1.71. The molecule has 0 amide bonds. The molecule has 2 heterocycles. The van der Waals surface area contributed by atoms with Crippen molar-refractivity contribution in [3.63, 3.8) is 0 Å². The average molecular weight is 284 g/mol. The predicted molar refractivity (Wildman–Crippen MR) is 83.5 cm³/mol. The van der Waals surface area contributed by atoms with E-state index in [0.29, 0.717) is 5.95 Å². The lowest BCUT2D eigenvalue weighted by Crippen LogP contribution is -2.36. The van der Waals surface area contributed by atoms with Gasteiger partial charge < -0.3 is 15.0 Å². The smallest absolute Gasteiger partial charge is 0.225 e. The summed E-state index contributed by atoms with van der Waals surface area (Å²) in [6.07, 6.45) is 1.80. The first-order valence-corrected chi connectivity index (χ1v) is 7.30. The molecular weight excluding hydrogens is 264 g/mol.